The molecular weight excluding hydrogens is 903 g/mol. The van der Waals surface area contributed by atoms with Crippen molar-refractivity contribution >= 4 is 17.1 Å². The summed E-state index contributed by atoms with van der Waals surface area (Å²) in [6.07, 6.45) is 0. The first-order valence-electron chi connectivity index (χ1n) is 26.2. The first-order valence-corrected chi connectivity index (χ1v) is 26.2. The Kier molecular flexibility index (Phi) is 9.77. The Morgan fingerprint density at radius 1 is 0.213 bits per heavy atom. The number of benzene rings is 12. The molecule has 12 aromatic carbocycles. The van der Waals surface area contributed by atoms with E-state index in [-0.39, 0.29) is 0 Å². The van der Waals surface area contributed by atoms with Crippen molar-refractivity contribution < 1.29 is 0 Å². The third-order valence-corrected chi connectivity index (χ3v) is 16.6. The second-order valence-electron chi connectivity index (χ2n) is 20.2. The van der Waals surface area contributed by atoms with E-state index in [1.807, 2.05) is 0 Å². The van der Waals surface area contributed by atoms with Crippen molar-refractivity contribution in [2.75, 3.05) is 4.90 Å². The lowest BCUT2D eigenvalue weighted by Gasteiger charge is -2.35. The molecule has 0 aliphatic heterocycles. The highest BCUT2D eigenvalue weighted by Gasteiger charge is 2.53. The van der Waals surface area contributed by atoms with Crippen molar-refractivity contribution in [1.29, 1.82) is 0 Å². The van der Waals surface area contributed by atoms with Crippen LogP contribution in [-0.2, 0) is 10.8 Å². The second-order valence-corrected chi connectivity index (χ2v) is 20.2. The molecule has 15 rings (SSSR count). The molecule has 0 radical (unpaired) electrons. The number of hydrogen-bond acceptors (Lipinski definition) is 1. The van der Waals surface area contributed by atoms with Crippen LogP contribution in [0.15, 0.2) is 297 Å². The van der Waals surface area contributed by atoms with Crippen molar-refractivity contribution in [3.63, 3.8) is 0 Å². The van der Waals surface area contributed by atoms with Gasteiger partial charge in [-0.15, -0.1) is 0 Å². The number of anilines is 3. The largest absolute Gasteiger partial charge is 0.310 e. The zero-order valence-electron chi connectivity index (χ0n) is 41.2. The van der Waals surface area contributed by atoms with Crippen molar-refractivity contribution in [3.05, 3.63) is 342 Å². The zero-order chi connectivity index (χ0) is 49.5. The minimum absolute atomic E-state index is 0.476. The SMILES string of the molecule is c1ccc(-c2ccc(-c3ccc(-c4ccc(N(c5ccc6c(c5)C(c5ccccc5)(c5ccccc5)c5ccccc5-6)c5cccc6c5-c5ccccc5C65c6ccccc6-c6ccccc65)cc4)cc3)cc2)cc1. The number of hydrogen-bond donors (Lipinski definition) is 0. The van der Waals surface area contributed by atoms with Gasteiger partial charge in [-0.1, -0.05) is 267 Å². The summed E-state index contributed by atoms with van der Waals surface area (Å²) in [5, 5.41) is 0. The molecule has 0 atom stereocenters. The Morgan fingerprint density at radius 2 is 0.560 bits per heavy atom. The van der Waals surface area contributed by atoms with Crippen LogP contribution >= 0.6 is 0 Å². The van der Waals surface area contributed by atoms with Gasteiger partial charge in [0.15, 0.2) is 0 Å². The predicted octanol–water partition coefficient (Wildman–Crippen LogP) is 18.9. The van der Waals surface area contributed by atoms with E-state index in [1.165, 1.54) is 111 Å². The second kappa shape index (κ2) is 17.0. The third-order valence-electron chi connectivity index (χ3n) is 16.6. The standard InChI is InChI=1S/C74H49N/c1-4-19-50(20-5-1)51-35-37-52(38-36-51)53-39-41-54(42-40-53)55-43-45-58(46-44-55)75(59-47-48-63-62-27-10-14-29-65(62)73(70(63)49-59,56-21-6-2-7-22-56)57-23-8-3-9-24-57)71-34-18-33-69-72(71)64-28-13-17-32-68(64)74(69)66-30-15-11-25-60(66)61-26-12-16-31-67(61)74/h1-49H. The fraction of sp³-hybridized carbons (Fsp3) is 0.0270. The quantitative estimate of drug-likeness (QED) is 0.147. The summed E-state index contributed by atoms with van der Waals surface area (Å²) in [7, 11) is 0. The van der Waals surface area contributed by atoms with Crippen molar-refractivity contribution in [1.82, 2.24) is 0 Å². The predicted molar refractivity (Wildman–Crippen MR) is 311 cm³/mol. The molecule has 0 saturated heterocycles. The summed E-state index contributed by atoms with van der Waals surface area (Å²) >= 11 is 0. The summed E-state index contributed by atoms with van der Waals surface area (Å²) in [4.78, 5) is 2.54. The maximum Gasteiger partial charge on any atom is 0.0726 e. The zero-order valence-corrected chi connectivity index (χ0v) is 41.2. The summed E-state index contributed by atoms with van der Waals surface area (Å²) in [6, 6.07) is 111. The van der Waals surface area contributed by atoms with Gasteiger partial charge >= 0.3 is 0 Å². The number of rotatable bonds is 8. The van der Waals surface area contributed by atoms with E-state index >= 15 is 0 Å². The van der Waals surface area contributed by atoms with E-state index in [1.54, 1.807) is 0 Å². The molecule has 1 spiro atoms. The van der Waals surface area contributed by atoms with E-state index in [2.05, 4.69) is 302 Å². The number of fused-ring (bicyclic) bond motifs is 13. The first kappa shape index (κ1) is 43.1. The van der Waals surface area contributed by atoms with Crippen LogP contribution in [-0.4, -0.2) is 0 Å². The highest BCUT2D eigenvalue weighted by atomic mass is 15.1. The molecule has 0 bridgehead atoms. The molecule has 0 N–H and O–H groups in total. The number of nitrogens with zero attached hydrogens (tertiary/aromatic N) is 1. The van der Waals surface area contributed by atoms with Crippen LogP contribution in [0, 0.1) is 0 Å². The molecule has 0 heterocycles. The Morgan fingerprint density at radius 3 is 1.05 bits per heavy atom. The average molecular weight is 952 g/mol. The van der Waals surface area contributed by atoms with Crippen LogP contribution in [0.4, 0.5) is 17.1 Å². The van der Waals surface area contributed by atoms with Gasteiger partial charge in [0.25, 0.3) is 0 Å². The van der Waals surface area contributed by atoms with Gasteiger partial charge in [-0.3, -0.25) is 0 Å². The smallest absolute Gasteiger partial charge is 0.0726 e. The summed E-state index contributed by atoms with van der Waals surface area (Å²) in [5.41, 5.74) is 27.6. The van der Waals surface area contributed by atoms with Crippen LogP contribution < -0.4 is 4.90 Å². The van der Waals surface area contributed by atoms with E-state index < -0.39 is 10.8 Å². The van der Waals surface area contributed by atoms with Crippen molar-refractivity contribution in [2.24, 2.45) is 0 Å². The average Bonchev–Trinajstić information content (AvgIpc) is 4.09. The van der Waals surface area contributed by atoms with Gasteiger partial charge in [0.1, 0.15) is 0 Å². The van der Waals surface area contributed by atoms with Crippen LogP contribution in [0.2, 0.25) is 0 Å². The molecule has 1 heteroatoms. The van der Waals surface area contributed by atoms with Crippen LogP contribution in [0.1, 0.15) is 44.5 Å². The molecule has 1 nitrogen and oxygen atoms in total. The molecule has 75 heavy (non-hydrogen) atoms. The fourth-order valence-corrected chi connectivity index (χ4v) is 13.5. The maximum absolute atomic E-state index is 2.54. The monoisotopic (exact) mass is 951 g/mol. The van der Waals surface area contributed by atoms with Gasteiger partial charge in [-0.25, -0.2) is 0 Å². The molecule has 0 saturated carbocycles. The normalized spacial score (nSPS) is 13.5. The minimum Gasteiger partial charge on any atom is -0.310 e. The summed E-state index contributed by atoms with van der Waals surface area (Å²) in [5.74, 6) is 0. The molecule has 0 fully saturated rings. The topological polar surface area (TPSA) is 3.24 Å². The Balaban J connectivity index is 0.922. The first-order chi connectivity index (χ1) is 37.2. The Hall–Kier alpha value is -9.56. The molecular formula is C74H49N. The molecule has 350 valence electrons. The molecule has 0 aromatic heterocycles. The fourth-order valence-electron chi connectivity index (χ4n) is 13.5. The molecule has 0 unspecified atom stereocenters. The molecule has 12 aromatic rings. The van der Waals surface area contributed by atoms with Crippen LogP contribution in [0.3, 0.4) is 0 Å². The Bertz CT molecular complexity index is 4050. The summed E-state index contributed by atoms with van der Waals surface area (Å²) < 4.78 is 0. The van der Waals surface area contributed by atoms with Gasteiger partial charge < -0.3 is 4.90 Å². The van der Waals surface area contributed by atoms with Gasteiger partial charge in [0, 0.05) is 16.9 Å². The van der Waals surface area contributed by atoms with Gasteiger partial charge in [-0.05, 0) is 136 Å². The highest BCUT2D eigenvalue weighted by molar-refractivity contribution is 6.02. The van der Waals surface area contributed by atoms with E-state index in [0.717, 1.165) is 17.1 Å². The Labute approximate surface area is 439 Å². The maximum atomic E-state index is 2.54. The lowest BCUT2D eigenvalue weighted by Crippen LogP contribution is -2.28. The van der Waals surface area contributed by atoms with E-state index in [9.17, 15) is 0 Å². The lowest BCUT2D eigenvalue weighted by molar-refractivity contribution is 0.768. The van der Waals surface area contributed by atoms with E-state index in [4.69, 9.17) is 0 Å². The van der Waals surface area contributed by atoms with Gasteiger partial charge in [0.2, 0.25) is 0 Å². The van der Waals surface area contributed by atoms with Gasteiger partial charge in [-0.2, -0.15) is 0 Å². The molecule has 3 aliphatic carbocycles. The third kappa shape index (κ3) is 6.32. The molecule has 3 aliphatic rings. The van der Waals surface area contributed by atoms with Crippen LogP contribution in [0.25, 0.3) is 66.8 Å². The van der Waals surface area contributed by atoms with Crippen LogP contribution in [0.5, 0.6) is 0 Å². The summed E-state index contributed by atoms with van der Waals surface area (Å²) in [6.45, 7) is 0. The highest BCUT2D eigenvalue weighted by Crippen LogP contribution is 2.65. The van der Waals surface area contributed by atoms with Crippen molar-refractivity contribution in [3.8, 4) is 66.8 Å². The minimum atomic E-state index is -0.553. The van der Waals surface area contributed by atoms with Crippen molar-refractivity contribution in [2.45, 2.75) is 10.8 Å². The molecule has 0 amide bonds. The van der Waals surface area contributed by atoms with Gasteiger partial charge in [0.05, 0.1) is 16.5 Å². The lowest BCUT2D eigenvalue weighted by atomic mass is 9.67. The van der Waals surface area contributed by atoms with E-state index in [0.29, 0.717) is 0 Å².